The molecule has 0 radical (unpaired) electrons. The zero-order valence-electron chi connectivity index (χ0n) is 10.0. The molecule has 6 heteroatoms. The van der Waals surface area contributed by atoms with Crippen LogP contribution in [0.3, 0.4) is 0 Å². The number of alkyl halides is 1. The summed E-state index contributed by atoms with van der Waals surface area (Å²) in [5, 5.41) is 5.45. The van der Waals surface area contributed by atoms with Crippen LogP contribution < -0.4 is 5.32 Å². The topological polar surface area (TPSA) is 51.2 Å². The number of ether oxygens (including phenoxy) is 1. The molecule has 1 aromatic heterocycles. The Morgan fingerprint density at radius 3 is 3.00 bits per heavy atom. The van der Waals surface area contributed by atoms with Crippen molar-refractivity contribution in [3.05, 3.63) is 16.1 Å². The van der Waals surface area contributed by atoms with Gasteiger partial charge in [-0.1, -0.05) is 0 Å². The van der Waals surface area contributed by atoms with Crippen molar-refractivity contribution >= 4 is 28.8 Å². The second-order valence-electron chi connectivity index (χ2n) is 3.81. The third-order valence-corrected chi connectivity index (χ3v) is 3.09. The standard InChI is InChI=1S/C11H17ClN2O2S/c1-8(2)16-4-3-13-10(15)5-11-14-9(6-12)7-17-11/h7-8H,3-6H2,1-2H3,(H,13,15). The van der Waals surface area contributed by atoms with Crippen LogP contribution in [0.4, 0.5) is 0 Å². The first-order chi connectivity index (χ1) is 8.11. The van der Waals surface area contributed by atoms with Gasteiger partial charge in [0, 0.05) is 11.9 Å². The molecule has 4 nitrogen and oxygen atoms in total. The van der Waals surface area contributed by atoms with Crippen molar-refractivity contribution in [3.8, 4) is 0 Å². The average molecular weight is 277 g/mol. The molecule has 0 aliphatic heterocycles. The van der Waals surface area contributed by atoms with E-state index in [0.717, 1.165) is 10.7 Å². The normalized spacial score (nSPS) is 10.8. The highest BCUT2D eigenvalue weighted by Gasteiger charge is 2.07. The van der Waals surface area contributed by atoms with Crippen LogP contribution in [0.25, 0.3) is 0 Å². The number of carbonyl (C=O) groups is 1. The molecule has 0 aliphatic carbocycles. The number of nitrogens with one attached hydrogen (secondary N) is 1. The second-order valence-corrected chi connectivity index (χ2v) is 5.02. The molecule has 0 aliphatic rings. The number of halogens is 1. The average Bonchev–Trinajstić information content (AvgIpc) is 2.72. The summed E-state index contributed by atoms with van der Waals surface area (Å²) in [6.07, 6.45) is 0.501. The monoisotopic (exact) mass is 276 g/mol. The second kappa shape index (κ2) is 7.63. The maximum absolute atomic E-state index is 11.5. The van der Waals surface area contributed by atoms with Gasteiger partial charge >= 0.3 is 0 Å². The van der Waals surface area contributed by atoms with Gasteiger partial charge in [-0.3, -0.25) is 4.79 Å². The zero-order chi connectivity index (χ0) is 12.7. The summed E-state index contributed by atoms with van der Waals surface area (Å²) < 4.78 is 5.32. The Labute approximate surface area is 110 Å². The molecule has 0 bridgehead atoms. The van der Waals surface area contributed by atoms with E-state index in [1.165, 1.54) is 11.3 Å². The maximum atomic E-state index is 11.5. The lowest BCUT2D eigenvalue weighted by atomic mass is 10.4. The van der Waals surface area contributed by atoms with Gasteiger partial charge in [0.15, 0.2) is 0 Å². The van der Waals surface area contributed by atoms with E-state index in [0.29, 0.717) is 25.5 Å². The fraction of sp³-hybridized carbons (Fsp3) is 0.636. The highest BCUT2D eigenvalue weighted by atomic mass is 35.5. The largest absolute Gasteiger partial charge is 0.377 e. The summed E-state index contributed by atoms with van der Waals surface area (Å²) in [5.74, 6) is 0.355. The van der Waals surface area contributed by atoms with Crippen molar-refractivity contribution in [3.63, 3.8) is 0 Å². The molecule has 0 saturated carbocycles. The molecule has 0 saturated heterocycles. The summed E-state index contributed by atoms with van der Waals surface area (Å²) in [7, 11) is 0. The Hall–Kier alpha value is -0.650. The molecule has 17 heavy (non-hydrogen) atoms. The molecule has 1 aromatic rings. The third kappa shape index (κ3) is 6.00. The van der Waals surface area contributed by atoms with Crippen LogP contribution in [0, 0.1) is 0 Å². The van der Waals surface area contributed by atoms with Gasteiger partial charge in [0.25, 0.3) is 0 Å². The lowest BCUT2D eigenvalue weighted by molar-refractivity contribution is -0.120. The predicted octanol–water partition coefficient (Wildman–Crippen LogP) is 1.97. The molecule has 1 rings (SSSR count). The number of hydrogen-bond donors (Lipinski definition) is 1. The Morgan fingerprint density at radius 1 is 1.65 bits per heavy atom. The van der Waals surface area contributed by atoms with Gasteiger partial charge in [0.05, 0.1) is 30.7 Å². The summed E-state index contributed by atoms with van der Waals surface area (Å²) in [4.78, 5) is 15.7. The van der Waals surface area contributed by atoms with E-state index in [1.807, 2.05) is 19.2 Å². The summed E-state index contributed by atoms with van der Waals surface area (Å²) in [6, 6.07) is 0. The first kappa shape index (κ1) is 14.4. The minimum absolute atomic E-state index is 0.0344. The van der Waals surface area contributed by atoms with Crippen molar-refractivity contribution in [2.24, 2.45) is 0 Å². The number of hydrogen-bond acceptors (Lipinski definition) is 4. The summed E-state index contributed by atoms with van der Waals surface area (Å²) in [6.45, 7) is 5.00. The number of carbonyl (C=O) groups excluding carboxylic acids is 1. The van der Waals surface area contributed by atoms with E-state index in [1.54, 1.807) is 0 Å². The van der Waals surface area contributed by atoms with Crippen LogP contribution in [-0.4, -0.2) is 30.1 Å². The fourth-order valence-electron chi connectivity index (χ4n) is 1.18. The molecule has 1 amide bonds. The van der Waals surface area contributed by atoms with Crippen molar-refractivity contribution in [1.29, 1.82) is 0 Å². The van der Waals surface area contributed by atoms with Gasteiger partial charge < -0.3 is 10.1 Å². The smallest absolute Gasteiger partial charge is 0.226 e. The lowest BCUT2D eigenvalue weighted by Gasteiger charge is -2.07. The van der Waals surface area contributed by atoms with Crippen molar-refractivity contribution in [2.75, 3.05) is 13.2 Å². The number of amides is 1. The summed E-state index contributed by atoms with van der Waals surface area (Å²) >= 11 is 7.09. The van der Waals surface area contributed by atoms with Crippen LogP contribution in [0.2, 0.25) is 0 Å². The number of rotatable bonds is 7. The van der Waals surface area contributed by atoms with E-state index >= 15 is 0 Å². The van der Waals surface area contributed by atoms with Crippen LogP contribution in [0.1, 0.15) is 24.5 Å². The van der Waals surface area contributed by atoms with E-state index in [2.05, 4.69) is 10.3 Å². The molecular formula is C11H17ClN2O2S. The van der Waals surface area contributed by atoms with Gasteiger partial charge in [-0.2, -0.15) is 0 Å². The van der Waals surface area contributed by atoms with E-state index in [-0.39, 0.29) is 12.0 Å². The van der Waals surface area contributed by atoms with Gasteiger partial charge in [-0.05, 0) is 13.8 Å². The van der Waals surface area contributed by atoms with Crippen molar-refractivity contribution in [2.45, 2.75) is 32.3 Å². The Morgan fingerprint density at radius 2 is 2.41 bits per heavy atom. The Bertz CT molecular complexity index is 355. The number of nitrogens with zero attached hydrogens (tertiary/aromatic N) is 1. The first-order valence-electron chi connectivity index (χ1n) is 5.49. The summed E-state index contributed by atoms with van der Waals surface area (Å²) in [5.41, 5.74) is 0.822. The Kier molecular flexibility index (Phi) is 6.47. The van der Waals surface area contributed by atoms with Gasteiger partial charge in [0.1, 0.15) is 5.01 Å². The molecular weight excluding hydrogens is 260 g/mol. The SMILES string of the molecule is CC(C)OCCNC(=O)Cc1nc(CCl)cs1. The van der Waals surface area contributed by atoms with E-state index in [9.17, 15) is 4.79 Å². The molecule has 1 N–H and O–H groups in total. The molecule has 0 spiro atoms. The van der Waals surface area contributed by atoms with Crippen LogP contribution in [0.5, 0.6) is 0 Å². The van der Waals surface area contributed by atoms with Crippen LogP contribution >= 0.6 is 22.9 Å². The molecule has 0 atom stereocenters. The molecule has 0 unspecified atom stereocenters. The van der Waals surface area contributed by atoms with Crippen molar-refractivity contribution < 1.29 is 9.53 Å². The number of aromatic nitrogens is 1. The predicted molar refractivity (Wildman–Crippen MR) is 69.5 cm³/mol. The molecule has 1 heterocycles. The maximum Gasteiger partial charge on any atom is 0.226 e. The highest BCUT2D eigenvalue weighted by molar-refractivity contribution is 7.09. The zero-order valence-corrected chi connectivity index (χ0v) is 11.6. The van der Waals surface area contributed by atoms with E-state index in [4.69, 9.17) is 16.3 Å². The Balaban J connectivity index is 2.20. The van der Waals surface area contributed by atoms with Crippen LogP contribution in [-0.2, 0) is 21.8 Å². The quantitative estimate of drug-likeness (QED) is 0.612. The third-order valence-electron chi connectivity index (χ3n) is 1.92. The van der Waals surface area contributed by atoms with Crippen LogP contribution in [0.15, 0.2) is 5.38 Å². The fourth-order valence-corrected chi connectivity index (χ4v) is 2.20. The molecule has 0 aromatic carbocycles. The first-order valence-corrected chi connectivity index (χ1v) is 6.90. The van der Waals surface area contributed by atoms with Crippen molar-refractivity contribution in [1.82, 2.24) is 10.3 Å². The van der Waals surface area contributed by atoms with E-state index < -0.39 is 0 Å². The highest BCUT2D eigenvalue weighted by Crippen LogP contribution is 2.11. The van der Waals surface area contributed by atoms with Gasteiger partial charge in [-0.15, -0.1) is 22.9 Å². The molecule has 0 fully saturated rings. The van der Waals surface area contributed by atoms with Gasteiger partial charge in [-0.25, -0.2) is 4.98 Å². The van der Waals surface area contributed by atoms with Gasteiger partial charge in [0.2, 0.25) is 5.91 Å². The minimum atomic E-state index is -0.0344. The minimum Gasteiger partial charge on any atom is -0.377 e. The lowest BCUT2D eigenvalue weighted by Crippen LogP contribution is -2.29. The molecule has 96 valence electrons. The number of thiazole rings is 1.